The summed E-state index contributed by atoms with van der Waals surface area (Å²) in [6.07, 6.45) is 0.791. The number of sulfonamides is 1. The van der Waals surface area contributed by atoms with E-state index in [4.69, 9.17) is 0 Å². The van der Waals surface area contributed by atoms with E-state index in [1.165, 1.54) is 6.07 Å². The molecule has 0 amide bonds. The van der Waals surface area contributed by atoms with Crippen LogP contribution >= 0.6 is 0 Å². The minimum absolute atomic E-state index is 0.123. The van der Waals surface area contributed by atoms with Gasteiger partial charge in [0.25, 0.3) is 0 Å². The number of rotatable bonds is 8. The topological polar surface area (TPSA) is 58.2 Å². The zero-order chi connectivity index (χ0) is 16.0. The molecular weight excluding hydrogens is 298 g/mol. The summed E-state index contributed by atoms with van der Waals surface area (Å²) >= 11 is 0. The van der Waals surface area contributed by atoms with Crippen molar-refractivity contribution >= 4 is 10.0 Å². The van der Waals surface area contributed by atoms with Gasteiger partial charge in [0.05, 0.1) is 0 Å². The van der Waals surface area contributed by atoms with E-state index in [9.17, 15) is 17.2 Å². The first kappa shape index (κ1) is 18.0. The van der Waals surface area contributed by atoms with Crippen molar-refractivity contribution in [3.8, 4) is 0 Å². The lowest BCUT2D eigenvalue weighted by molar-refractivity contribution is 0.477. The number of hydrogen-bond donors (Lipinski definition) is 2. The van der Waals surface area contributed by atoms with Crippen molar-refractivity contribution < 1.29 is 17.2 Å². The molecule has 0 saturated carbocycles. The van der Waals surface area contributed by atoms with Crippen molar-refractivity contribution in [2.24, 2.45) is 5.92 Å². The van der Waals surface area contributed by atoms with Crippen LogP contribution in [-0.4, -0.2) is 21.5 Å². The molecule has 1 atom stereocenters. The average molecular weight is 320 g/mol. The van der Waals surface area contributed by atoms with Gasteiger partial charge in [-0.15, -0.1) is 0 Å². The Morgan fingerprint density at radius 3 is 2.48 bits per heavy atom. The molecule has 0 bridgehead atoms. The SMILES string of the molecule is CCNCc1cc(F)c(F)c(S(=O)(=O)NCC(C)CC)c1. The van der Waals surface area contributed by atoms with E-state index in [2.05, 4.69) is 10.0 Å². The van der Waals surface area contributed by atoms with E-state index in [-0.39, 0.29) is 19.0 Å². The second-order valence-electron chi connectivity index (χ2n) is 5.04. The van der Waals surface area contributed by atoms with Gasteiger partial charge in [-0.05, 0) is 30.2 Å². The molecule has 4 nitrogen and oxygen atoms in total. The predicted molar refractivity (Wildman–Crippen MR) is 78.4 cm³/mol. The largest absolute Gasteiger partial charge is 0.313 e. The standard InChI is InChI=1S/C14H22F2N2O2S/c1-4-10(3)8-18-21(19,20)13-7-11(9-17-5-2)6-12(15)14(13)16/h6-7,10,17-18H,4-5,8-9H2,1-3H3. The molecule has 0 spiro atoms. The van der Waals surface area contributed by atoms with Crippen LogP contribution < -0.4 is 10.0 Å². The van der Waals surface area contributed by atoms with Crippen LogP contribution in [-0.2, 0) is 16.6 Å². The summed E-state index contributed by atoms with van der Waals surface area (Å²) in [5.74, 6) is -2.38. The Morgan fingerprint density at radius 2 is 1.90 bits per heavy atom. The summed E-state index contributed by atoms with van der Waals surface area (Å²) in [4.78, 5) is -0.640. The summed E-state index contributed by atoms with van der Waals surface area (Å²) in [5.41, 5.74) is 0.389. The highest BCUT2D eigenvalue weighted by Crippen LogP contribution is 2.20. The fourth-order valence-electron chi connectivity index (χ4n) is 1.66. The van der Waals surface area contributed by atoms with E-state index in [0.29, 0.717) is 12.1 Å². The average Bonchev–Trinajstić information content (AvgIpc) is 2.45. The van der Waals surface area contributed by atoms with E-state index in [1.807, 2.05) is 20.8 Å². The fourth-order valence-corrected chi connectivity index (χ4v) is 2.96. The summed E-state index contributed by atoms with van der Waals surface area (Å²) in [7, 11) is -4.06. The number of hydrogen-bond acceptors (Lipinski definition) is 3. The van der Waals surface area contributed by atoms with Gasteiger partial charge in [-0.25, -0.2) is 21.9 Å². The highest BCUT2D eigenvalue weighted by atomic mass is 32.2. The van der Waals surface area contributed by atoms with Gasteiger partial charge in [0.1, 0.15) is 4.90 Å². The Kier molecular flexibility index (Phi) is 6.70. The van der Waals surface area contributed by atoms with Crippen LogP contribution in [0.4, 0.5) is 8.78 Å². The van der Waals surface area contributed by atoms with Crippen molar-refractivity contribution in [1.29, 1.82) is 0 Å². The minimum Gasteiger partial charge on any atom is -0.313 e. The molecule has 0 radical (unpaired) electrons. The summed E-state index contributed by atoms with van der Waals surface area (Å²) < 4.78 is 53.9. The molecule has 0 aromatic heterocycles. The maximum Gasteiger partial charge on any atom is 0.243 e. The van der Waals surface area contributed by atoms with Crippen molar-refractivity contribution in [3.63, 3.8) is 0 Å². The maximum atomic E-state index is 13.8. The third kappa shape index (κ3) is 5.01. The molecule has 0 aliphatic carbocycles. The lowest BCUT2D eigenvalue weighted by atomic mass is 10.1. The van der Waals surface area contributed by atoms with E-state index in [0.717, 1.165) is 12.5 Å². The molecule has 0 saturated heterocycles. The minimum atomic E-state index is -4.06. The van der Waals surface area contributed by atoms with E-state index < -0.39 is 26.6 Å². The fraction of sp³-hybridized carbons (Fsp3) is 0.571. The second kappa shape index (κ2) is 7.82. The first-order valence-electron chi connectivity index (χ1n) is 7.00. The van der Waals surface area contributed by atoms with Gasteiger partial charge in [-0.3, -0.25) is 0 Å². The van der Waals surface area contributed by atoms with Crippen molar-refractivity contribution in [2.45, 2.75) is 38.6 Å². The highest BCUT2D eigenvalue weighted by molar-refractivity contribution is 7.89. The number of benzene rings is 1. The van der Waals surface area contributed by atoms with Gasteiger partial charge in [0, 0.05) is 13.1 Å². The molecule has 0 aliphatic rings. The Balaban J connectivity index is 3.06. The molecule has 1 rings (SSSR count). The second-order valence-corrected chi connectivity index (χ2v) is 6.77. The number of nitrogens with one attached hydrogen (secondary N) is 2. The molecule has 21 heavy (non-hydrogen) atoms. The highest BCUT2D eigenvalue weighted by Gasteiger charge is 2.23. The van der Waals surface area contributed by atoms with Crippen molar-refractivity contribution in [3.05, 3.63) is 29.3 Å². The van der Waals surface area contributed by atoms with Crippen LogP contribution in [0.3, 0.4) is 0 Å². The summed E-state index contributed by atoms with van der Waals surface area (Å²) in [5, 5.41) is 2.94. The third-order valence-corrected chi connectivity index (χ3v) is 4.66. The summed E-state index contributed by atoms with van der Waals surface area (Å²) in [6.45, 7) is 6.79. The van der Waals surface area contributed by atoms with E-state index in [1.54, 1.807) is 0 Å². The van der Waals surface area contributed by atoms with Crippen molar-refractivity contribution in [1.82, 2.24) is 10.0 Å². The molecule has 0 heterocycles. The monoisotopic (exact) mass is 320 g/mol. The zero-order valence-corrected chi connectivity index (χ0v) is 13.4. The molecule has 1 unspecified atom stereocenters. The normalized spacial score (nSPS) is 13.4. The first-order valence-corrected chi connectivity index (χ1v) is 8.48. The summed E-state index contributed by atoms with van der Waals surface area (Å²) in [6, 6.07) is 2.17. The quantitative estimate of drug-likeness (QED) is 0.773. The lowest BCUT2D eigenvalue weighted by Gasteiger charge is -2.13. The lowest BCUT2D eigenvalue weighted by Crippen LogP contribution is -2.29. The van der Waals surface area contributed by atoms with Crippen LogP contribution in [0.15, 0.2) is 17.0 Å². The van der Waals surface area contributed by atoms with Crippen LogP contribution in [0, 0.1) is 17.6 Å². The van der Waals surface area contributed by atoms with Crippen LogP contribution in [0.5, 0.6) is 0 Å². The molecule has 120 valence electrons. The predicted octanol–water partition coefficient (Wildman–Crippen LogP) is 2.40. The molecular formula is C14H22F2N2O2S. The van der Waals surface area contributed by atoms with Crippen LogP contribution in [0.25, 0.3) is 0 Å². The van der Waals surface area contributed by atoms with Crippen LogP contribution in [0.1, 0.15) is 32.8 Å². The third-order valence-electron chi connectivity index (χ3n) is 3.24. The smallest absolute Gasteiger partial charge is 0.243 e. The molecule has 7 heteroatoms. The van der Waals surface area contributed by atoms with Crippen molar-refractivity contribution in [2.75, 3.05) is 13.1 Å². The van der Waals surface area contributed by atoms with Gasteiger partial charge in [-0.1, -0.05) is 27.2 Å². The van der Waals surface area contributed by atoms with Gasteiger partial charge >= 0.3 is 0 Å². The Bertz CT molecular complexity index is 577. The molecule has 1 aromatic rings. The Morgan fingerprint density at radius 1 is 1.24 bits per heavy atom. The van der Waals surface area contributed by atoms with Crippen LogP contribution in [0.2, 0.25) is 0 Å². The molecule has 0 fully saturated rings. The molecule has 2 N–H and O–H groups in total. The van der Waals surface area contributed by atoms with Gasteiger partial charge in [-0.2, -0.15) is 0 Å². The van der Waals surface area contributed by atoms with Gasteiger partial charge in [0.15, 0.2) is 11.6 Å². The Labute approximate surface area is 125 Å². The van der Waals surface area contributed by atoms with E-state index >= 15 is 0 Å². The van der Waals surface area contributed by atoms with Gasteiger partial charge in [0.2, 0.25) is 10.0 Å². The first-order chi connectivity index (χ1) is 9.81. The Hall–Kier alpha value is -1.05. The number of halogens is 2. The molecule has 0 aliphatic heterocycles. The van der Waals surface area contributed by atoms with Gasteiger partial charge < -0.3 is 5.32 Å². The molecule has 1 aromatic carbocycles. The zero-order valence-electron chi connectivity index (χ0n) is 12.5. The maximum absolute atomic E-state index is 13.8.